The summed E-state index contributed by atoms with van der Waals surface area (Å²) in [5, 5.41) is 0. The standard InChI is InChI=1S/C26H38N2O7/c1-25(2,3)35-24(31)28-20(17-34-26(28,4)5)13-12-19-14-15-21(22(29)32-6)27(19)23(30)33-16-18-10-8-7-9-11-18/h7-11,19-21H,12-17H2,1-6H3/t19-,20+,21-/m0/s1. The van der Waals surface area contributed by atoms with Gasteiger partial charge >= 0.3 is 18.2 Å². The monoisotopic (exact) mass is 490 g/mol. The third-order valence-electron chi connectivity index (χ3n) is 6.39. The van der Waals surface area contributed by atoms with Gasteiger partial charge in [-0.25, -0.2) is 14.4 Å². The zero-order chi connectivity index (χ0) is 25.8. The van der Waals surface area contributed by atoms with E-state index in [0.717, 1.165) is 5.56 Å². The van der Waals surface area contributed by atoms with Gasteiger partial charge in [0.15, 0.2) is 0 Å². The molecule has 2 heterocycles. The fourth-order valence-corrected chi connectivity index (χ4v) is 4.77. The summed E-state index contributed by atoms with van der Waals surface area (Å²) in [5.41, 5.74) is -0.561. The summed E-state index contributed by atoms with van der Waals surface area (Å²) < 4.78 is 22.0. The van der Waals surface area contributed by atoms with Crippen LogP contribution in [0.3, 0.4) is 0 Å². The van der Waals surface area contributed by atoms with Crippen LogP contribution in [0.15, 0.2) is 30.3 Å². The van der Waals surface area contributed by atoms with Gasteiger partial charge < -0.3 is 18.9 Å². The molecule has 2 aliphatic rings. The topological polar surface area (TPSA) is 94.6 Å². The zero-order valence-electron chi connectivity index (χ0n) is 21.6. The molecule has 0 aromatic heterocycles. The predicted molar refractivity (Wildman–Crippen MR) is 128 cm³/mol. The number of ether oxygens (including phenoxy) is 4. The summed E-state index contributed by atoms with van der Waals surface area (Å²) in [6.45, 7) is 9.66. The average molecular weight is 491 g/mol. The minimum absolute atomic E-state index is 0.119. The van der Waals surface area contributed by atoms with Crippen molar-refractivity contribution >= 4 is 18.2 Å². The van der Waals surface area contributed by atoms with Gasteiger partial charge in [0.2, 0.25) is 0 Å². The van der Waals surface area contributed by atoms with Crippen molar-refractivity contribution in [3.8, 4) is 0 Å². The molecule has 2 fully saturated rings. The number of hydrogen-bond acceptors (Lipinski definition) is 7. The molecule has 0 aliphatic carbocycles. The Labute approximate surface area is 207 Å². The molecule has 3 rings (SSSR count). The number of amides is 2. The number of hydrogen-bond donors (Lipinski definition) is 0. The van der Waals surface area contributed by atoms with E-state index in [-0.39, 0.29) is 18.7 Å². The summed E-state index contributed by atoms with van der Waals surface area (Å²) in [7, 11) is 1.32. The van der Waals surface area contributed by atoms with Crippen molar-refractivity contribution in [3.63, 3.8) is 0 Å². The minimum atomic E-state index is -0.800. The lowest BCUT2D eigenvalue weighted by Gasteiger charge is -2.35. The second kappa shape index (κ2) is 10.8. The molecule has 0 saturated carbocycles. The van der Waals surface area contributed by atoms with Crippen molar-refractivity contribution < 1.29 is 33.3 Å². The van der Waals surface area contributed by atoms with Gasteiger partial charge in [-0.1, -0.05) is 30.3 Å². The van der Waals surface area contributed by atoms with E-state index in [1.807, 2.05) is 65.0 Å². The number of nitrogens with zero attached hydrogens (tertiary/aromatic N) is 2. The highest BCUT2D eigenvalue weighted by Crippen LogP contribution is 2.34. The molecule has 1 aromatic carbocycles. The molecule has 9 nitrogen and oxygen atoms in total. The Morgan fingerprint density at radius 2 is 1.69 bits per heavy atom. The van der Waals surface area contributed by atoms with Crippen LogP contribution in [0.4, 0.5) is 9.59 Å². The number of carbonyl (C=O) groups excluding carboxylic acids is 3. The molecule has 0 spiro atoms. The van der Waals surface area contributed by atoms with Crippen molar-refractivity contribution in [2.24, 2.45) is 0 Å². The van der Waals surface area contributed by atoms with Crippen LogP contribution in [0.1, 0.15) is 65.9 Å². The van der Waals surface area contributed by atoms with Gasteiger partial charge in [0, 0.05) is 6.04 Å². The molecule has 194 valence electrons. The predicted octanol–water partition coefficient (Wildman–Crippen LogP) is 4.48. The number of benzene rings is 1. The van der Waals surface area contributed by atoms with Crippen LogP contribution in [0.2, 0.25) is 0 Å². The van der Waals surface area contributed by atoms with Crippen LogP contribution < -0.4 is 0 Å². The summed E-state index contributed by atoms with van der Waals surface area (Å²) in [4.78, 5) is 41.6. The molecule has 9 heteroatoms. The zero-order valence-corrected chi connectivity index (χ0v) is 21.6. The molecule has 2 amide bonds. The van der Waals surface area contributed by atoms with Gasteiger partial charge in [-0.15, -0.1) is 0 Å². The summed E-state index contributed by atoms with van der Waals surface area (Å²) in [6.07, 6.45) is 1.34. The second-order valence-corrected chi connectivity index (χ2v) is 10.6. The van der Waals surface area contributed by atoms with E-state index in [2.05, 4.69) is 0 Å². The first-order chi connectivity index (χ1) is 16.4. The fraction of sp³-hybridized carbons (Fsp3) is 0.654. The van der Waals surface area contributed by atoms with Crippen molar-refractivity contribution in [1.82, 2.24) is 9.80 Å². The number of esters is 1. The fourth-order valence-electron chi connectivity index (χ4n) is 4.77. The van der Waals surface area contributed by atoms with Gasteiger partial charge in [-0.2, -0.15) is 0 Å². The van der Waals surface area contributed by atoms with E-state index in [1.54, 1.807) is 4.90 Å². The molecular formula is C26H38N2O7. The van der Waals surface area contributed by atoms with Crippen LogP contribution in [0.25, 0.3) is 0 Å². The van der Waals surface area contributed by atoms with Gasteiger partial charge in [-0.05, 0) is 65.9 Å². The van der Waals surface area contributed by atoms with E-state index in [0.29, 0.717) is 32.3 Å². The molecule has 3 atom stereocenters. The first-order valence-electron chi connectivity index (χ1n) is 12.2. The molecule has 35 heavy (non-hydrogen) atoms. The molecule has 0 radical (unpaired) electrons. The van der Waals surface area contributed by atoms with E-state index in [9.17, 15) is 14.4 Å². The highest BCUT2D eigenvalue weighted by molar-refractivity contribution is 5.82. The minimum Gasteiger partial charge on any atom is -0.467 e. The van der Waals surface area contributed by atoms with E-state index >= 15 is 0 Å². The Kier molecular flexibility index (Phi) is 8.30. The third-order valence-corrected chi connectivity index (χ3v) is 6.39. The highest BCUT2D eigenvalue weighted by Gasteiger charge is 2.47. The normalized spacial score (nSPS) is 23.8. The number of likely N-dealkylation sites (tertiary alicyclic amines) is 1. The first-order valence-corrected chi connectivity index (χ1v) is 12.2. The SMILES string of the molecule is COC(=O)[C@@H]1CC[C@H](CC[C@@H]2COC(C)(C)N2C(=O)OC(C)(C)C)N1C(=O)OCc1ccccc1. The summed E-state index contributed by atoms with van der Waals surface area (Å²) >= 11 is 0. The van der Waals surface area contributed by atoms with Crippen molar-refractivity contribution in [3.05, 3.63) is 35.9 Å². The van der Waals surface area contributed by atoms with E-state index < -0.39 is 35.5 Å². The number of rotatable bonds is 6. The second-order valence-electron chi connectivity index (χ2n) is 10.6. The molecular weight excluding hydrogens is 452 g/mol. The Morgan fingerprint density at radius 1 is 1.03 bits per heavy atom. The van der Waals surface area contributed by atoms with Crippen molar-refractivity contribution in [1.29, 1.82) is 0 Å². The highest BCUT2D eigenvalue weighted by atomic mass is 16.6. The lowest BCUT2D eigenvalue weighted by atomic mass is 10.0. The van der Waals surface area contributed by atoms with Gasteiger partial charge in [-0.3, -0.25) is 9.80 Å². The lowest BCUT2D eigenvalue weighted by Crippen LogP contribution is -2.50. The molecule has 0 N–H and O–H groups in total. The van der Waals surface area contributed by atoms with Gasteiger partial charge in [0.05, 0.1) is 19.8 Å². The van der Waals surface area contributed by atoms with Crippen LogP contribution >= 0.6 is 0 Å². The van der Waals surface area contributed by atoms with Crippen molar-refractivity contribution in [2.45, 2.75) is 96.4 Å². The Morgan fingerprint density at radius 3 is 2.31 bits per heavy atom. The van der Waals surface area contributed by atoms with E-state index in [1.165, 1.54) is 12.0 Å². The summed E-state index contributed by atoms with van der Waals surface area (Å²) in [6, 6.07) is 8.28. The number of methoxy groups -OCH3 is 1. The molecule has 2 saturated heterocycles. The van der Waals surface area contributed by atoms with Crippen LogP contribution in [0.5, 0.6) is 0 Å². The Bertz CT molecular complexity index is 897. The van der Waals surface area contributed by atoms with Crippen LogP contribution in [0, 0.1) is 0 Å². The maximum atomic E-state index is 13.1. The third kappa shape index (κ3) is 6.66. The van der Waals surface area contributed by atoms with Crippen LogP contribution in [-0.4, -0.2) is 71.1 Å². The van der Waals surface area contributed by atoms with Crippen molar-refractivity contribution in [2.75, 3.05) is 13.7 Å². The average Bonchev–Trinajstić information content (AvgIpc) is 3.35. The Hall–Kier alpha value is -2.81. The van der Waals surface area contributed by atoms with Crippen LogP contribution in [-0.2, 0) is 30.3 Å². The molecule has 0 bridgehead atoms. The molecule has 2 aliphatic heterocycles. The van der Waals surface area contributed by atoms with Gasteiger partial charge in [0.1, 0.15) is 24.0 Å². The van der Waals surface area contributed by atoms with E-state index in [4.69, 9.17) is 18.9 Å². The Balaban J connectivity index is 1.69. The smallest absolute Gasteiger partial charge is 0.412 e. The maximum absolute atomic E-state index is 13.1. The quantitative estimate of drug-likeness (QED) is 0.429. The lowest BCUT2D eigenvalue weighted by molar-refractivity contribution is -0.145. The molecule has 0 unspecified atom stereocenters. The molecule has 1 aromatic rings. The maximum Gasteiger partial charge on any atom is 0.412 e. The largest absolute Gasteiger partial charge is 0.467 e. The first kappa shape index (κ1) is 26.8. The summed E-state index contributed by atoms with van der Waals surface area (Å²) in [5.74, 6) is -0.454. The number of carbonyl (C=O) groups is 3. The van der Waals surface area contributed by atoms with Gasteiger partial charge in [0.25, 0.3) is 0 Å².